The number of cyclic esters (lactones) is 1. The Kier molecular flexibility index (Phi) is 6.91. The van der Waals surface area contributed by atoms with E-state index in [-0.39, 0.29) is 24.0 Å². The fraction of sp³-hybridized carbons (Fsp3) is 0.148. The van der Waals surface area contributed by atoms with Crippen molar-refractivity contribution in [2.24, 2.45) is 4.99 Å². The molecule has 3 aromatic rings. The zero-order chi connectivity index (χ0) is 24.9. The number of halogens is 1. The van der Waals surface area contributed by atoms with E-state index < -0.39 is 11.8 Å². The molecule has 7 nitrogen and oxygen atoms in total. The van der Waals surface area contributed by atoms with Gasteiger partial charge in [-0.25, -0.2) is 14.2 Å². The van der Waals surface area contributed by atoms with Crippen molar-refractivity contribution in [2.45, 2.75) is 13.5 Å². The monoisotopic (exact) mass is 475 g/mol. The number of carbonyl (C=O) groups is 2. The van der Waals surface area contributed by atoms with Crippen molar-refractivity contribution < 1.29 is 32.9 Å². The first-order valence-corrected chi connectivity index (χ1v) is 10.6. The summed E-state index contributed by atoms with van der Waals surface area (Å²) in [5.74, 6) is 0.364. The van der Waals surface area contributed by atoms with Gasteiger partial charge in [0.15, 0.2) is 23.0 Å². The molecule has 1 aliphatic heterocycles. The molecule has 178 valence electrons. The molecule has 0 spiro atoms. The first-order valence-electron chi connectivity index (χ1n) is 10.6. The van der Waals surface area contributed by atoms with Crippen LogP contribution in [0.4, 0.5) is 4.39 Å². The van der Waals surface area contributed by atoms with Crippen LogP contribution >= 0.6 is 0 Å². The summed E-state index contributed by atoms with van der Waals surface area (Å²) in [6, 6.07) is 16.0. The van der Waals surface area contributed by atoms with Crippen LogP contribution in [0.1, 0.15) is 34.0 Å². The molecule has 1 heterocycles. The number of ether oxygens (including phenoxy) is 4. The minimum Gasteiger partial charge on any atom is -0.496 e. The molecular formula is C27H22FNO6. The summed E-state index contributed by atoms with van der Waals surface area (Å²) in [6.07, 6.45) is 1.55. The second-order valence-corrected chi connectivity index (χ2v) is 7.63. The molecule has 3 aromatic carbocycles. The molecule has 35 heavy (non-hydrogen) atoms. The molecule has 0 aliphatic carbocycles. The zero-order valence-corrected chi connectivity index (χ0v) is 19.3. The van der Waals surface area contributed by atoms with Gasteiger partial charge in [0.1, 0.15) is 18.2 Å². The van der Waals surface area contributed by atoms with Crippen LogP contribution < -0.4 is 14.2 Å². The van der Waals surface area contributed by atoms with E-state index in [9.17, 15) is 14.0 Å². The zero-order valence-electron chi connectivity index (χ0n) is 19.3. The summed E-state index contributed by atoms with van der Waals surface area (Å²) in [5.41, 5.74) is 2.40. The lowest BCUT2D eigenvalue weighted by Gasteiger charge is -2.14. The smallest absolute Gasteiger partial charge is 0.363 e. The van der Waals surface area contributed by atoms with Crippen molar-refractivity contribution in [1.29, 1.82) is 0 Å². The summed E-state index contributed by atoms with van der Waals surface area (Å²) >= 11 is 0. The molecule has 4 rings (SSSR count). The van der Waals surface area contributed by atoms with Crippen molar-refractivity contribution in [3.05, 3.63) is 94.4 Å². The molecular weight excluding hydrogens is 453 g/mol. The summed E-state index contributed by atoms with van der Waals surface area (Å²) in [7, 11) is 3.03. The molecule has 0 atom stereocenters. The van der Waals surface area contributed by atoms with Gasteiger partial charge in [-0.1, -0.05) is 24.3 Å². The highest BCUT2D eigenvalue weighted by Crippen LogP contribution is 2.31. The molecule has 0 aromatic heterocycles. The number of hydrogen-bond donors (Lipinski definition) is 0. The minimum atomic E-state index is -0.635. The third-order valence-corrected chi connectivity index (χ3v) is 5.26. The van der Waals surface area contributed by atoms with Gasteiger partial charge in [-0.05, 0) is 55.0 Å². The van der Waals surface area contributed by atoms with Gasteiger partial charge in [-0.15, -0.1) is 0 Å². The third kappa shape index (κ3) is 5.38. The van der Waals surface area contributed by atoms with Gasteiger partial charge < -0.3 is 18.9 Å². The molecule has 1 aliphatic rings. The Balaban J connectivity index is 1.53. The van der Waals surface area contributed by atoms with Crippen LogP contribution in [-0.4, -0.2) is 31.9 Å². The lowest BCUT2D eigenvalue weighted by molar-refractivity contribution is -0.129. The van der Waals surface area contributed by atoms with E-state index in [1.807, 2.05) is 0 Å². The Morgan fingerprint density at radius 1 is 1.00 bits per heavy atom. The SMILES string of the molecule is COc1cc(C(C)=O)ccc1COc1ccc(/C=C2/N=C(c3cccc(F)c3)OC2=O)cc1OC. The highest BCUT2D eigenvalue weighted by Gasteiger charge is 2.24. The first-order chi connectivity index (χ1) is 16.9. The summed E-state index contributed by atoms with van der Waals surface area (Å²) in [5, 5.41) is 0. The minimum absolute atomic E-state index is 0.0393. The van der Waals surface area contributed by atoms with Gasteiger partial charge in [0.25, 0.3) is 0 Å². The van der Waals surface area contributed by atoms with Gasteiger partial charge >= 0.3 is 5.97 Å². The standard InChI is InChI=1S/C27H22FNO6/c1-16(30)18-8-9-20(24(14-18)32-2)15-34-23-10-7-17(12-25(23)33-3)11-22-27(31)35-26(29-22)19-5-4-6-21(28)13-19/h4-14H,15H2,1-3H3/b22-11+. The maximum atomic E-state index is 13.5. The highest BCUT2D eigenvalue weighted by atomic mass is 19.1. The Labute approximate surface area is 201 Å². The summed E-state index contributed by atoms with van der Waals surface area (Å²) < 4.78 is 35.4. The number of Topliss-reactive ketones (excluding diaryl/α,β-unsaturated/α-hetero) is 1. The van der Waals surface area contributed by atoms with Crippen LogP contribution in [0.2, 0.25) is 0 Å². The maximum absolute atomic E-state index is 13.5. The van der Waals surface area contributed by atoms with E-state index in [2.05, 4.69) is 4.99 Å². The van der Waals surface area contributed by atoms with Crippen molar-refractivity contribution in [2.75, 3.05) is 14.2 Å². The Morgan fingerprint density at radius 2 is 1.80 bits per heavy atom. The van der Waals surface area contributed by atoms with Crippen molar-refractivity contribution in [3.63, 3.8) is 0 Å². The number of nitrogens with zero attached hydrogens (tertiary/aromatic N) is 1. The van der Waals surface area contributed by atoms with E-state index in [0.717, 1.165) is 5.56 Å². The number of carbonyl (C=O) groups excluding carboxylic acids is 2. The number of rotatable bonds is 8. The fourth-order valence-corrected chi connectivity index (χ4v) is 3.44. The maximum Gasteiger partial charge on any atom is 0.363 e. The Morgan fingerprint density at radius 3 is 2.51 bits per heavy atom. The number of methoxy groups -OCH3 is 2. The van der Waals surface area contributed by atoms with E-state index >= 15 is 0 Å². The molecule has 8 heteroatoms. The molecule has 0 bridgehead atoms. The van der Waals surface area contributed by atoms with Crippen LogP contribution in [0.25, 0.3) is 6.08 Å². The van der Waals surface area contributed by atoms with Crippen LogP contribution in [0, 0.1) is 5.82 Å². The Hall–Kier alpha value is -4.46. The number of esters is 1. The van der Waals surface area contributed by atoms with Crippen LogP contribution in [0.3, 0.4) is 0 Å². The van der Waals surface area contributed by atoms with Crippen LogP contribution in [0.5, 0.6) is 17.2 Å². The molecule has 0 amide bonds. The lowest BCUT2D eigenvalue weighted by atomic mass is 10.1. The second kappa shape index (κ2) is 10.2. The van der Waals surface area contributed by atoms with Crippen molar-refractivity contribution in [1.82, 2.24) is 0 Å². The third-order valence-electron chi connectivity index (χ3n) is 5.26. The van der Waals surface area contributed by atoms with Crippen molar-refractivity contribution >= 4 is 23.7 Å². The van der Waals surface area contributed by atoms with Gasteiger partial charge in [0.2, 0.25) is 5.90 Å². The predicted molar refractivity (Wildman–Crippen MR) is 127 cm³/mol. The number of hydrogen-bond acceptors (Lipinski definition) is 7. The fourth-order valence-electron chi connectivity index (χ4n) is 3.44. The highest BCUT2D eigenvalue weighted by molar-refractivity contribution is 6.12. The van der Waals surface area contributed by atoms with Gasteiger partial charge in [0.05, 0.1) is 14.2 Å². The van der Waals surface area contributed by atoms with Crippen molar-refractivity contribution in [3.8, 4) is 17.2 Å². The lowest BCUT2D eigenvalue weighted by Crippen LogP contribution is -2.05. The Bertz CT molecular complexity index is 1360. The average molecular weight is 475 g/mol. The molecule has 0 saturated heterocycles. The normalized spacial score (nSPS) is 13.9. The predicted octanol–water partition coefficient (Wildman–Crippen LogP) is 4.97. The van der Waals surface area contributed by atoms with Crippen LogP contribution in [0.15, 0.2) is 71.4 Å². The van der Waals surface area contributed by atoms with Crippen LogP contribution in [-0.2, 0) is 16.1 Å². The second-order valence-electron chi connectivity index (χ2n) is 7.63. The molecule has 0 fully saturated rings. The van der Waals surface area contributed by atoms with E-state index in [1.54, 1.807) is 48.5 Å². The van der Waals surface area contributed by atoms with E-state index in [4.69, 9.17) is 18.9 Å². The quantitative estimate of drug-likeness (QED) is 0.260. The van der Waals surface area contributed by atoms with E-state index in [0.29, 0.717) is 33.9 Å². The first kappa shape index (κ1) is 23.7. The topological polar surface area (TPSA) is 83.4 Å². The largest absolute Gasteiger partial charge is 0.496 e. The number of ketones is 1. The van der Waals surface area contributed by atoms with Gasteiger partial charge in [-0.3, -0.25) is 4.79 Å². The average Bonchev–Trinajstić information content (AvgIpc) is 3.22. The summed E-state index contributed by atoms with van der Waals surface area (Å²) in [4.78, 5) is 28.1. The molecule has 0 unspecified atom stereocenters. The number of aliphatic imine (C=N–C) groups is 1. The molecule has 0 N–H and O–H groups in total. The van der Waals surface area contributed by atoms with Gasteiger partial charge in [-0.2, -0.15) is 0 Å². The summed E-state index contributed by atoms with van der Waals surface area (Å²) in [6.45, 7) is 1.68. The molecule has 0 saturated carbocycles. The molecule has 0 radical (unpaired) electrons. The van der Waals surface area contributed by atoms with E-state index in [1.165, 1.54) is 39.3 Å². The number of benzene rings is 3. The van der Waals surface area contributed by atoms with Gasteiger partial charge in [0, 0.05) is 16.7 Å².